The molecule has 0 spiro atoms. The fraction of sp³-hybridized carbons (Fsp3) is 0.100. The van der Waals surface area contributed by atoms with Crippen molar-refractivity contribution >= 4 is 38.4 Å². The van der Waals surface area contributed by atoms with Gasteiger partial charge in [0, 0.05) is 9.86 Å². The summed E-state index contributed by atoms with van der Waals surface area (Å²) in [5.41, 5.74) is 1.93. The fourth-order valence-corrected chi connectivity index (χ4v) is 1.72. The van der Waals surface area contributed by atoms with Crippen LogP contribution in [0.4, 0.5) is 0 Å². The molecule has 3 heteroatoms. The molecule has 0 bridgehead atoms. The third-order valence-electron chi connectivity index (χ3n) is 1.91. The number of hydrogen-bond acceptors (Lipinski definition) is 1. The minimum atomic E-state index is 0.575. The van der Waals surface area contributed by atoms with Crippen molar-refractivity contribution in [2.24, 2.45) is 0 Å². The molecule has 0 atom stereocenters. The predicted molar refractivity (Wildman–Crippen MR) is 59.2 cm³/mol. The molecule has 0 N–H and O–H groups in total. The fourth-order valence-electron chi connectivity index (χ4n) is 1.22. The van der Waals surface area contributed by atoms with Gasteiger partial charge in [-0.25, -0.2) is 4.98 Å². The molecule has 2 aromatic rings. The molecule has 0 amide bonds. The number of pyridine rings is 1. The Morgan fingerprint density at radius 1 is 1.31 bits per heavy atom. The summed E-state index contributed by atoms with van der Waals surface area (Å²) in [5, 5.41) is 1.69. The summed E-state index contributed by atoms with van der Waals surface area (Å²) in [7, 11) is 0. The van der Waals surface area contributed by atoms with Crippen LogP contribution in [0.2, 0.25) is 5.15 Å². The van der Waals surface area contributed by atoms with E-state index < -0.39 is 0 Å². The summed E-state index contributed by atoms with van der Waals surface area (Å²) in [6.45, 7) is 1.96. The van der Waals surface area contributed by atoms with Gasteiger partial charge >= 0.3 is 0 Å². The van der Waals surface area contributed by atoms with Gasteiger partial charge in [0.25, 0.3) is 0 Å². The first-order valence-corrected chi connectivity index (χ1v) is 5.06. The lowest BCUT2D eigenvalue weighted by Crippen LogP contribution is -1.83. The van der Waals surface area contributed by atoms with Crippen molar-refractivity contribution in [3.05, 3.63) is 39.5 Å². The number of fused-ring (bicyclic) bond motifs is 1. The molecule has 1 heterocycles. The van der Waals surface area contributed by atoms with Gasteiger partial charge in [-0.1, -0.05) is 33.6 Å². The van der Waals surface area contributed by atoms with Gasteiger partial charge in [0.1, 0.15) is 5.15 Å². The first-order chi connectivity index (χ1) is 6.16. The molecule has 2 rings (SSSR count). The van der Waals surface area contributed by atoms with E-state index in [4.69, 9.17) is 11.6 Å². The molecule has 66 valence electrons. The maximum Gasteiger partial charge on any atom is 0.132 e. The second-order valence-corrected chi connectivity index (χ2v) is 4.21. The van der Waals surface area contributed by atoms with Gasteiger partial charge in [-0.05, 0) is 30.7 Å². The Balaban J connectivity index is 2.81. The molecule has 1 aromatic heterocycles. The van der Waals surface area contributed by atoms with Gasteiger partial charge in [-0.15, -0.1) is 0 Å². The number of nitrogens with zero attached hydrogens (tertiary/aromatic N) is 1. The lowest BCUT2D eigenvalue weighted by Gasteiger charge is -2.01. The molecule has 0 saturated carbocycles. The zero-order valence-electron chi connectivity index (χ0n) is 7.01. The Morgan fingerprint density at radius 3 is 2.85 bits per heavy atom. The van der Waals surface area contributed by atoms with Crippen LogP contribution in [-0.2, 0) is 0 Å². The third kappa shape index (κ3) is 1.69. The quantitative estimate of drug-likeness (QED) is 0.650. The van der Waals surface area contributed by atoms with E-state index in [9.17, 15) is 0 Å². The molecule has 0 aliphatic rings. The smallest absolute Gasteiger partial charge is 0.132 e. The second-order valence-electron chi connectivity index (χ2n) is 2.93. The number of halogens is 2. The standard InChI is InChI=1S/C10H7BrClN/c1-6-4-7-2-3-8(11)5-9(7)13-10(6)12/h2-5H,1H3. The molecule has 0 fully saturated rings. The van der Waals surface area contributed by atoms with E-state index in [0.717, 1.165) is 20.9 Å². The van der Waals surface area contributed by atoms with Crippen molar-refractivity contribution in [3.63, 3.8) is 0 Å². The summed E-state index contributed by atoms with van der Waals surface area (Å²) >= 11 is 9.31. The Bertz CT molecular complexity index is 468. The van der Waals surface area contributed by atoms with Crippen LogP contribution in [0.3, 0.4) is 0 Å². The highest BCUT2D eigenvalue weighted by Gasteiger charge is 2.00. The summed E-state index contributed by atoms with van der Waals surface area (Å²) in [6, 6.07) is 8.02. The maximum absolute atomic E-state index is 5.91. The second kappa shape index (κ2) is 3.28. The lowest BCUT2D eigenvalue weighted by atomic mass is 10.2. The Hall–Kier alpha value is -0.600. The van der Waals surface area contributed by atoms with Gasteiger partial charge in [0.05, 0.1) is 5.52 Å². The topological polar surface area (TPSA) is 12.9 Å². The maximum atomic E-state index is 5.91. The average molecular weight is 257 g/mol. The van der Waals surface area contributed by atoms with Crippen molar-refractivity contribution in [1.29, 1.82) is 0 Å². The Morgan fingerprint density at radius 2 is 2.08 bits per heavy atom. The van der Waals surface area contributed by atoms with Gasteiger partial charge in [0.2, 0.25) is 0 Å². The van der Waals surface area contributed by atoms with Crippen molar-refractivity contribution in [3.8, 4) is 0 Å². The van der Waals surface area contributed by atoms with Crippen LogP contribution in [0, 0.1) is 6.92 Å². The Kier molecular flexibility index (Phi) is 2.26. The number of aryl methyl sites for hydroxylation is 1. The molecule has 1 aromatic carbocycles. The first kappa shape index (κ1) is 8.97. The number of aromatic nitrogens is 1. The average Bonchev–Trinajstić information content (AvgIpc) is 2.08. The zero-order valence-corrected chi connectivity index (χ0v) is 9.35. The zero-order chi connectivity index (χ0) is 9.42. The predicted octanol–water partition coefficient (Wildman–Crippen LogP) is 3.96. The van der Waals surface area contributed by atoms with Crippen LogP contribution >= 0.6 is 27.5 Å². The largest absolute Gasteiger partial charge is 0.236 e. The molecule has 0 aliphatic heterocycles. The van der Waals surface area contributed by atoms with Crippen molar-refractivity contribution in [2.75, 3.05) is 0 Å². The van der Waals surface area contributed by atoms with E-state index in [1.165, 1.54) is 0 Å². The lowest BCUT2D eigenvalue weighted by molar-refractivity contribution is 1.33. The van der Waals surface area contributed by atoms with Gasteiger partial charge in [-0.3, -0.25) is 0 Å². The highest BCUT2D eigenvalue weighted by Crippen LogP contribution is 2.22. The van der Waals surface area contributed by atoms with Crippen LogP contribution in [0.5, 0.6) is 0 Å². The molecule has 0 unspecified atom stereocenters. The molecular weight excluding hydrogens is 249 g/mol. The number of rotatable bonds is 0. The van der Waals surface area contributed by atoms with E-state index in [1.54, 1.807) is 0 Å². The van der Waals surface area contributed by atoms with E-state index in [1.807, 2.05) is 31.2 Å². The highest BCUT2D eigenvalue weighted by atomic mass is 79.9. The molecule has 0 aliphatic carbocycles. The normalized spacial score (nSPS) is 10.7. The van der Waals surface area contributed by atoms with Crippen LogP contribution in [0.25, 0.3) is 10.9 Å². The van der Waals surface area contributed by atoms with Gasteiger partial charge in [0.15, 0.2) is 0 Å². The van der Waals surface area contributed by atoms with E-state index in [-0.39, 0.29) is 0 Å². The van der Waals surface area contributed by atoms with Crippen LogP contribution in [0.15, 0.2) is 28.7 Å². The molecule has 0 radical (unpaired) electrons. The molecule has 1 nitrogen and oxygen atoms in total. The van der Waals surface area contributed by atoms with Crippen LogP contribution < -0.4 is 0 Å². The summed E-state index contributed by atoms with van der Waals surface area (Å²) in [4.78, 5) is 4.27. The van der Waals surface area contributed by atoms with E-state index in [2.05, 4.69) is 20.9 Å². The highest BCUT2D eigenvalue weighted by molar-refractivity contribution is 9.10. The minimum absolute atomic E-state index is 0.575. The van der Waals surface area contributed by atoms with Crippen molar-refractivity contribution < 1.29 is 0 Å². The van der Waals surface area contributed by atoms with Crippen molar-refractivity contribution in [1.82, 2.24) is 4.98 Å². The van der Waals surface area contributed by atoms with Crippen LogP contribution in [0.1, 0.15) is 5.56 Å². The summed E-state index contributed by atoms with van der Waals surface area (Å²) in [5.74, 6) is 0. The molecule has 0 saturated heterocycles. The summed E-state index contributed by atoms with van der Waals surface area (Å²) < 4.78 is 1.02. The van der Waals surface area contributed by atoms with E-state index in [0.29, 0.717) is 5.15 Å². The minimum Gasteiger partial charge on any atom is -0.236 e. The first-order valence-electron chi connectivity index (χ1n) is 3.89. The molecular formula is C10H7BrClN. The van der Waals surface area contributed by atoms with E-state index >= 15 is 0 Å². The molecule has 13 heavy (non-hydrogen) atoms. The summed E-state index contributed by atoms with van der Waals surface area (Å²) in [6.07, 6.45) is 0. The third-order valence-corrected chi connectivity index (χ3v) is 2.78. The van der Waals surface area contributed by atoms with Crippen LogP contribution in [-0.4, -0.2) is 4.98 Å². The SMILES string of the molecule is Cc1cc2ccc(Br)cc2nc1Cl. The number of hydrogen-bond donors (Lipinski definition) is 0. The van der Waals surface area contributed by atoms with Crippen molar-refractivity contribution in [2.45, 2.75) is 6.92 Å². The van der Waals surface area contributed by atoms with Gasteiger partial charge < -0.3 is 0 Å². The Labute approximate surface area is 89.9 Å². The number of benzene rings is 1. The van der Waals surface area contributed by atoms with Gasteiger partial charge in [-0.2, -0.15) is 0 Å². The monoisotopic (exact) mass is 255 g/mol.